The summed E-state index contributed by atoms with van der Waals surface area (Å²) < 4.78 is 7.28. The van der Waals surface area contributed by atoms with Gasteiger partial charge in [-0.05, 0) is 12.8 Å². The van der Waals surface area contributed by atoms with E-state index in [1.165, 1.54) is 6.26 Å². The molecule has 10 heteroatoms. The zero-order chi connectivity index (χ0) is 19.8. The van der Waals surface area contributed by atoms with E-state index in [2.05, 4.69) is 19.7 Å². The van der Waals surface area contributed by atoms with Gasteiger partial charge in [-0.2, -0.15) is 0 Å². The van der Waals surface area contributed by atoms with E-state index in [4.69, 9.17) is 4.42 Å². The Labute approximate surface area is 163 Å². The molecule has 0 radical (unpaired) electrons. The summed E-state index contributed by atoms with van der Waals surface area (Å²) in [5.74, 6) is 2.37. The first kappa shape index (κ1) is 18.5. The molecule has 28 heavy (non-hydrogen) atoms. The van der Waals surface area contributed by atoms with Crippen molar-refractivity contribution in [2.75, 3.05) is 33.7 Å². The van der Waals surface area contributed by atoms with Crippen molar-refractivity contribution in [2.24, 2.45) is 0 Å². The summed E-state index contributed by atoms with van der Waals surface area (Å²) in [6, 6.07) is 0.0546. The maximum absolute atomic E-state index is 12.6. The first-order valence-corrected chi connectivity index (χ1v) is 9.53. The predicted molar refractivity (Wildman–Crippen MR) is 98.6 cm³/mol. The Balaban J connectivity index is 1.42. The number of hydrogen-bond acceptors (Lipinski definition) is 6. The monoisotopic (exact) mass is 387 g/mol. The van der Waals surface area contributed by atoms with Crippen LogP contribution in [0.2, 0.25) is 0 Å². The van der Waals surface area contributed by atoms with E-state index in [9.17, 15) is 9.59 Å². The normalized spacial score (nSPS) is 17.5. The molecule has 2 aliphatic rings. The van der Waals surface area contributed by atoms with Crippen LogP contribution in [0.15, 0.2) is 10.7 Å². The molecule has 4 rings (SSSR count). The number of likely N-dealkylation sites (tertiary alicyclic amines) is 1. The van der Waals surface area contributed by atoms with E-state index >= 15 is 0 Å². The molecular weight excluding hydrogens is 362 g/mol. The van der Waals surface area contributed by atoms with Crippen LogP contribution in [0.3, 0.4) is 0 Å². The van der Waals surface area contributed by atoms with Crippen molar-refractivity contribution >= 4 is 11.9 Å². The Morgan fingerprint density at radius 1 is 1.11 bits per heavy atom. The lowest BCUT2D eigenvalue weighted by molar-refractivity contribution is 0.0699. The minimum atomic E-state index is -0.150. The molecule has 2 aromatic heterocycles. The number of hydrogen-bond donors (Lipinski definition) is 0. The molecule has 0 spiro atoms. The van der Waals surface area contributed by atoms with Crippen molar-refractivity contribution in [1.82, 2.24) is 34.4 Å². The van der Waals surface area contributed by atoms with Crippen LogP contribution in [0, 0.1) is 6.92 Å². The number of fused-ring (bicyclic) bond motifs is 1. The first-order valence-electron chi connectivity index (χ1n) is 9.53. The van der Waals surface area contributed by atoms with Gasteiger partial charge in [0, 0.05) is 53.1 Å². The van der Waals surface area contributed by atoms with Crippen LogP contribution in [-0.4, -0.2) is 80.1 Å². The van der Waals surface area contributed by atoms with Crippen LogP contribution >= 0.6 is 0 Å². The Kier molecular flexibility index (Phi) is 4.78. The molecule has 2 aromatic rings. The summed E-state index contributed by atoms with van der Waals surface area (Å²) in [6.45, 7) is 4.82. The number of rotatable bonds is 2. The van der Waals surface area contributed by atoms with E-state index in [-0.39, 0.29) is 17.9 Å². The van der Waals surface area contributed by atoms with Crippen LogP contribution in [-0.2, 0) is 13.1 Å². The fourth-order valence-corrected chi connectivity index (χ4v) is 3.89. The van der Waals surface area contributed by atoms with Crippen LogP contribution in [0.25, 0.3) is 0 Å². The molecule has 0 aromatic carbocycles. The highest BCUT2D eigenvalue weighted by Gasteiger charge is 2.32. The van der Waals surface area contributed by atoms with Gasteiger partial charge < -0.3 is 23.7 Å². The second kappa shape index (κ2) is 7.25. The number of nitrogens with zero attached hydrogens (tertiary/aromatic N) is 7. The minimum Gasteiger partial charge on any atom is -0.448 e. The summed E-state index contributed by atoms with van der Waals surface area (Å²) >= 11 is 0. The highest BCUT2D eigenvalue weighted by Crippen LogP contribution is 2.29. The molecule has 0 aliphatic carbocycles. The molecule has 10 nitrogen and oxygen atoms in total. The molecule has 0 bridgehead atoms. The number of carbonyl (C=O) groups is 2. The second-order valence-corrected chi connectivity index (χ2v) is 7.54. The van der Waals surface area contributed by atoms with E-state index in [0.29, 0.717) is 31.2 Å². The molecule has 3 amide bonds. The van der Waals surface area contributed by atoms with Gasteiger partial charge in [0.15, 0.2) is 17.4 Å². The van der Waals surface area contributed by atoms with Crippen LogP contribution in [0.4, 0.5) is 4.79 Å². The van der Waals surface area contributed by atoms with E-state index < -0.39 is 0 Å². The molecular formula is C18H25N7O3. The molecule has 150 valence electrons. The lowest BCUT2D eigenvalue weighted by atomic mass is 9.96. The molecule has 2 aliphatic heterocycles. The second-order valence-electron chi connectivity index (χ2n) is 7.54. The third kappa shape index (κ3) is 3.34. The molecule has 1 saturated heterocycles. The lowest BCUT2D eigenvalue weighted by Gasteiger charge is -2.34. The highest BCUT2D eigenvalue weighted by atomic mass is 16.3. The molecule has 0 saturated carbocycles. The van der Waals surface area contributed by atoms with Crippen molar-refractivity contribution in [2.45, 2.75) is 38.8 Å². The Morgan fingerprint density at radius 2 is 1.86 bits per heavy atom. The number of urea groups is 1. The zero-order valence-electron chi connectivity index (χ0n) is 16.5. The summed E-state index contributed by atoms with van der Waals surface area (Å²) in [4.78, 5) is 34.0. The Hall–Kier alpha value is -2.91. The van der Waals surface area contributed by atoms with Crippen molar-refractivity contribution in [3.63, 3.8) is 0 Å². The molecule has 1 fully saturated rings. The number of oxazole rings is 1. The average molecular weight is 387 g/mol. The Bertz CT molecular complexity index is 880. The average Bonchev–Trinajstić information content (AvgIpc) is 3.32. The van der Waals surface area contributed by atoms with Gasteiger partial charge in [0.2, 0.25) is 0 Å². The van der Waals surface area contributed by atoms with Gasteiger partial charge in [-0.3, -0.25) is 4.79 Å². The third-order valence-corrected chi connectivity index (χ3v) is 5.42. The maximum Gasteiger partial charge on any atom is 0.319 e. The summed E-state index contributed by atoms with van der Waals surface area (Å²) in [5.41, 5.74) is 0.323. The van der Waals surface area contributed by atoms with Gasteiger partial charge in [0.05, 0.1) is 6.54 Å². The topological polar surface area (TPSA) is 101 Å². The van der Waals surface area contributed by atoms with Gasteiger partial charge in [-0.15, -0.1) is 10.2 Å². The predicted octanol–water partition coefficient (Wildman–Crippen LogP) is 1.09. The van der Waals surface area contributed by atoms with Gasteiger partial charge >= 0.3 is 6.03 Å². The first-order chi connectivity index (χ1) is 13.4. The fraction of sp³-hybridized carbons (Fsp3) is 0.611. The quantitative estimate of drug-likeness (QED) is 0.765. The number of carbonyl (C=O) groups excluding carboxylic acids is 2. The van der Waals surface area contributed by atoms with Gasteiger partial charge in [-0.25, -0.2) is 9.78 Å². The van der Waals surface area contributed by atoms with Crippen LogP contribution in [0.5, 0.6) is 0 Å². The van der Waals surface area contributed by atoms with Gasteiger partial charge in [0.1, 0.15) is 12.1 Å². The maximum atomic E-state index is 12.6. The standard InChI is InChI=1S/C18H25N7O3/c1-12-19-14(11-28-12)17(26)24-8-9-25-15(10-24)20-21-16(25)13-4-6-23(7-5-13)18(27)22(2)3/h11,13H,4-10H2,1-3H3. The van der Waals surface area contributed by atoms with Crippen LogP contribution in [0.1, 0.15) is 46.8 Å². The summed E-state index contributed by atoms with van der Waals surface area (Å²) in [6.07, 6.45) is 3.14. The Morgan fingerprint density at radius 3 is 2.50 bits per heavy atom. The molecule has 0 unspecified atom stereocenters. The van der Waals surface area contributed by atoms with E-state index in [0.717, 1.165) is 37.6 Å². The van der Waals surface area contributed by atoms with Crippen molar-refractivity contribution in [3.05, 3.63) is 29.5 Å². The number of amides is 3. The van der Waals surface area contributed by atoms with E-state index in [1.54, 1.807) is 30.8 Å². The smallest absolute Gasteiger partial charge is 0.319 e. The van der Waals surface area contributed by atoms with E-state index in [1.807, 2.05) is 4.90 Å². The van der Waals surface area contributed by atoms with Crippen molar-refractivity contribution < 1.29 is 14.0 Å². The molecule has 0 N–H and O–H groups in total. The number of aryl methyl sites for hydroxylation is 1. The highest BCUT2D eigenvalue weighted by molar-refractivity contribution is 5.92. The van der Waals surface area contributed by atoms with Crippen LogP contribution < -0.4 is 0 Å². The molecule has 4 heterocycles. The van der Waals surface area contributed by atoms with Crippen molar-refractivity contribution in [1.29, 1.82) is 0 Å². The zero-order valence-corrected chi connectivity index (χ0v) is 16.5. The fourth-order valence-electron chi connectivity index (χ4n) is 3.89. The number of piperidine rings is 1. The SMILES string of the molecule is Cc1nc(C(=O)N2CCn3c(nnc3C3CCN(C(=O)N(C)C)CC3)C2)co1. The minimum absolute atomic E-state index is 0.0546. The summed E-state index contributed by atoms with van der Waals surface area (Å²) in [7, 11) is 3.55. The largest absolute Gasteiger partial charge is 0.448 e. The third-order valence-electron chi connectivity index (χ3n) is 5.42. The number of aromatic nitrogens is 4. The summed E-state index contributed by atoms with van der Waals surface area (Å²) in [5, 5.41) is 8.76. The van der Waals surface area contributed by atoms with Gasteiger partial charge in [-0.1, -0.05) is 0 Å². The lowest BCUT2D eigenvalue weighted by Crippen LogP contribution is -2.44. The van der Waals surface area contributed by atoms with Gasteiger partial charge in [0.25, 0.3) is 5.91 Å². The molecule has 0 atom stereocenters. The van der Waals surface area contributed by atoms with Crippen molar-refractivity contribution in [3.8, 4) is 0 Å².